The Kier molecular flexibility index (Phi) is 4.51. The molecule has 1 aromatic rings. The Labute approximate surface area is 103 Å². The van der Waals surface area contributed by atoms with Crippen LogP contribution in [0.2, 0.25) is 0 Å². The van der Waals surface area contributed by atoms with Crippen LogP contribution in [0.5, 0.6) is 0 Å². The van der Waals surface area contributed by atoms with Crippen molar-refractivity contribution in [1.82, 2.24) is 9.88 Å². The third kappa shape index (κ3) is 3.79. The van der Waals surface area contributed by atoms with E-state index in [1.807, 2.05) is 24.4 Å². The molecule has 2 unspecified atom stereocenters. The molecule has 1 aliphatic rings. The molecule has 0 bridgehead atoms. The third-order valence-corrected chi connectivity index (χ3v) is 3.57. The van der Waals surface area contributed by atoms with Gasteiger partial charge in [-0.3, -0.25) is 4.98 Å². The van der Waals surface area contributed by atoms with Gasteiger partial charge in [-0.25, -0.2) is 0 Å². The molecule has 3 heteroatoms. The van der Waals surface area contributed by atoms with E-state index in [0.717, 1.165) is 31.6 Å². The molecule has 0 aliphatic heterocycles. The summed E-state index contributed by atoms with van der Waals surface area (Å²) in [6.07, 6.45) is 6.31. The normalized spacial score (nSPS) is 25.1. The topological polar surface area (TPSA) is 36.4 Å². The molecule has 1 heterocycles. The Bertz CT molecular complexity index is 328. The lowest BCUT2D eigenvalue weighted by molar-refractivity contribution is 0.0500. The van der Waals surface area contributed by atoms with Gasteiger partial charge in [-0.1, -0.05) is 18.9 Å². The summed E-state index contributed by atoms with van der Waals surface area (Å²) in [7, 11) is 2.11. The van der Waals surface area contributed by atoms with Crippen LogP contribution in [0.25, 0.3) is 0 Å². The van der Waals surface area contributed by atoms with Crippen molar-refractivity contribution in [3.8, 4) is 0 Å². The molecule has 0 spiro atoms. The van der Waals surface area contributed by atoms with Gasteiger partial charge in [-0.2, -0.15) is 0 Å². The first-order valence-electron chi connectivity index (χ1n) is 6.52. The fourth-order valence-electron chi connectivity index (χ4n) is 2.63. The van der Waals surface area contributed by atoms with E-state index >= 15 is 0 Å². The minimum Gasteiger partial charge on any atom is -0.393 e. The molecule has 94 valence electrons. The second-order valence-electron chi connectivity index (χ2n) is 5.13. The molecule has 1 N–H and O–H groups in total. The van der Waals surface area contributed by atoms with Gasteiger partial charge in [0.05, 0.1) is 11.8 Å². The van der Waals surface area contributed by atoms with Gasteiger partial charge in [0.1, 0.15) is 0 Å². The number of aliphatic hydroxyl groups is 1. The summed E-state index contributed by atoms with van der Waals surface area (Å²) >= 11 is 0. The van der Waals surface area contributed by atoms with Crippen LogP contribution in [0.3, 0.4) is 0 Å². The first-order chi connectivity index (χ1) is 8.25. The van der Waals surface area contributed by atoms with E-state index in [4.69, 9.17) is 0 Å². The molecule has 3 nitrogen and oxygen atoms in total. The van der Waals surface area contributed by atoms with Gasteiger partial charge in [0.25, 0.3) is 0 Å². The number of pyridine rings is 1. The zero-order valence-corrected chi connectivity index (χ0v) is 10.5. The second kappa shape index (κ2) is 6.12. The highest BCUT2D eigenvalue weighted by Gasteiger charge is 2.23. The predicted octanol–water partition coefficient (Wildman–Crippen LogP) is 2.06. The van der Waals surface area contributed by atoms with Gasteiger partial charge in [0.2, 0.25) is 0 Å². The highest BCUT2D eigenvalue weighted by Crippen LogP contribution is 2.25. The maximum Gasteiger partial charge on any atom is 0.0580 e. The smallest absolute Gasteiger partial charge is 0.0580 e. The lowest BCUT2D eigenvalue weighted by Crippen LogP contribution is -2.34. The van der Waals surface area contributed by atoms with Crippen molar-refractivity contribution in [1.29, 1.82) is 0 Å². The molecule has 2 rings (SSSR count). The summed E-state index contributed by atoms with van der Waals surface area (Å²) in [5.41, 5.74) is 1.10. The van der Waals surface area contributed by atoms with Gasteiger partial charge < -0.3 is 10.0 Å². The minimum atomic E-state index is -0.102. The number of nitrogens with zero attached hydrogens (tertiary/aromatic N) is 2. The van der Waals surface area contributed by atoms with Crippen LogP contribution in [-0.2, 0) is 6.54 Å². The molecule has 1 aromatic heterocycles. The van der Waals surface area contributed by atoms with Crippen LogP contribution < -0.4 is 0 Å². The summed E-state index contributed by atoms with van der Waals surface area (Å²) in [4.78, 5) is 6.59. The Morgan fingerprint density at radius 2 is 2.18 bits per heavy atom. The zero-order valence-electron chi connectivity index (χ0n) is 10.5. The Morgan fingerprint density at radius 1 is 1.35 bits per heavy atom. The second-order valence-corrected chi connectivity index (χ2v) is 5.13. The first kappa shape index (κ1) is 12.5. The monoisotopic (exact) mass is 234 g/mol. The largest absolute Gasteiger partial charge is 0.393 e. The maximum atomic E-state index is 9.94. The van der Waals surface area contributed by atoms with Crippen molar-refractivity contribution in [2.24, 2.45) is 5.92 Å². The van der Waals surface area contributed by atoms with E-state index in [9.17, 15) is 5.11 Å². The summed E-state index contributed by atoms with van der Waals surface area (Å²) < 4.78 is 0. The van der Waals surface area contributed by atoms with Crippen LogP contribution >= 0.6 is 0 Å². The van der Waals surface area contributed by atoms with E-state index in [0.29, 0.717) is 5.92 Å². The number of aliphatic hydroxyl groups excluding tert-OH is 1. The van der Waals surface area contributed by atoms with Crippen molar-refractivity contribution < 1.29 is 5.11 Å². The summed E-state index contributed by atoms with van der Waals surface area (Å²) in [6.45, 7) is 1.84. The summed E-state index contributed by atoms with van der Waals surface area (Å²) in [6, 6.07) is 6.01. The molecule has 1 fully saturated rings. The maximum absolute atomic E-state index is 9.94. The number of hydrogen-bond acceptors (Lipinski definition) is 3. The van der Waals surface area contributed by atoms with Crippen molar-refractivity contribution in [2.75, 3.05) is 13.6 Å². The van der Waals surface area contributed by atoms with Crippen LogP contribution in [0.1, 0.15) is 31.4 Å². The van der Waals surface area contributed by atoms with Crippen molar-refractivity contribution in [2.45, 2.75) is 38.3 Å². The average Bonchev–Trinajstić information content (AvgIpc) is 2.33. The average molecular weight is 234 g/mol. The van der Waals surface area contributed by atoms with Gasteiger partial charge in [-0.05, 0) is 37.9 Å². The van der Waals surface area contributed by atoms with Crippen molar-refractivity contribution >= 4 is 0 Å². The minimum absolute atomic E-state index is 0.102. The highest BCUT2D eigenvalue weighted by atomic mass is 16.3. The molecule has 17 heavy (non-hydrogen) atoms. The quantitative estimate of drug-likeness (QED) is 0.866. The van der Waals surface area contributed by atoms with Gasteiger partial charge in [0, 0.05) is 19.3 Å². The Hall–Kier alpha value is -0.930. The molecule has 1 saturated carbocycles. The fourth-order valence-corrected chi connectivity index (χ4v) is 2.63. The fraction of sp³-hybridized carbons (Fsp3) is 0.643. The Morgan fingerprint density at radius 3 is 2.88 bits per heavy atom. The molecule has 2 atom stereocenters. The van der Waals surface area contributed by atoms with E-state index in [1.165, 1.54) is 12.8 Å². The molecule has 0 radical (unpaired) electrons. The molecule has 0 amide bonds. The molecule has 0 aromatic carbocycles. The van der Waals surface area contributed by atoms with E-state index in [2.05, 4.69) is 16.9 Å². The molecular weight excluding hydrogens is 212 g/mol. The van der Waals surface area contributed by atoms with E-state index in [-0.39, 0.29) is 6.10 Å². The summed E-state index contributed by atoms with van der Waals surface area (Å²) in [5.74, 6) is 0.442. The number of rotatable bonds is 4. The Balaban J connectivity index is 1.82. The zero-order chi connectivity index (χ0) is 12.1. The van der Waals surface area contributed by atoms with Crippen molar-refractivity contribution in [3.63, 3.8) is 0 Å². The van der Waals surface area contributed by atoms with Gasteiger partial charge in [0.15, 0.2) is 0 Å². The van der Waals surface area contributed by atoms with E-state index in [1.54, 1.807) is 0 Å². The molecule has 0 saturated heterocycles. The SMILES string of the molecule is CN(Cc1ccccn1)CC1CCCCC1O. The third-order valence-electron chi connectivity index (χ3n) is 3.57. The highest BCUT2D eigenvalue weighted by molar-refractivity contribution is 5.03. The van der Waals surface area contributed by atoms with E-state index < -0.39 is 0 Å². The van der Waals surface area contributed by atoms with Gasteiger partial charge in [-0.15, -0.1) is 0 Å². The lowest BCUT2D eigenvalue weighted by Gasteiger charge is -2.31. The first-order valence-corrected chi connectivity index (χ1v) is 6.52. The van der Waals surface area contributed by atoms with Crippen LogP contribution in [0.15, 0.2) is 24.4 Å². The number of aromatic nitrogens is 1. The van der Waals surface area contributed by atoms with Crippen LogP contribution in [-0.4, -0.2) is 34.7 Å². The summed E-state index contributed by atoms with van der Waals surface area (Å²) in [5, 5.41) is 9.94. The van der Waals surface area contributed by atoms with Crippen LogP contribution in [0.4, 0.5) is 0 Å². The predicted molar refractivity (Wildman–Crippen MR) is 68.5 cm³/mol. The molecular formula is C14H22N2O. The van der Waals surface area contributed by atoms with Crippen molar-refractivity contribution in [3.05, 3.63) is 30.1 Å². The molecule has 1 aliphatic carbocycles. The number of hydrogen-bond donors (Lipinski definition) is 1. The van der Waals surface area contributed by atoms with Crippen LogP contribution in [0, 0.1) is 5.92 Å². The van der Waals surface area contributed by atoms with Gasteiger partial charge >= 0.3 is 0 Å². The standard InChI is InChI=1S/C14H22N2O/c1-16(11-13-7-4-5-9-15-13)10-12-6-2-3-8-14(12)17/h4-5,7,9,12,14,17H,2-3,6,8,10-11H2,1H3. The lowest BCUT2D eigenvalue weighted by atomic mass is 9.86.